The predicted molar refractivity (Wildman–Crippen MR) is 104 cm³/mol. The molecule has 0 radical (unpaired) electrons. The maximum absolute atomic E-state index is 12.2. The molecule has 0 saturated heterocycles. The van der Waals surface area contributed by atoms with Crippen molar-refractivity contribution in [2.45, 2.75) is 13.3 Å². The normalized spacial score (nSPS) is 10.5. The summed E-state index contributed by atoms with van der Waals surface area (Å²) in [5.74, 6) is -1.72. The number of carboxylic acids is 1. The number of carbonyl (C=O) groups excluding carboxylic acids is 2. The van der Waals surface area contributed by atoms with E-state index in [4.69, 9.17) is 5.11 Å². The Balaban J connectivity index is 1.99. The minimum Gasteiger partial charge on any atom is -0.481 e. The zero-order valence-electron chi connectivity index (χ0n) is 15.0. The van der Waals surface area contributed by atoms with Gasteiger partial charge in [-0.15, -0.1) is 0 Å². The Kier molecular flexibility index (Phi) is 6.88. The van der Waals surface area contributed by atoms with Crippen LogP contribution >= 0.6 is 0 Å². The van der Waals surface area contributed by atoms with E-state index in [2.05, 4.69) is 16.0 Å². The molecule has 2 rings (SSSR count). The maximum atomic E-state index is 12.2. The standard InChI is InChI=1S/C20H18N4O4/c1-13(25)23-17-6-8-18(9-7-17)24-20(28)15(11-21)12-22-16-4-2-14(3-5-16)10-19(26)27/h2-9,12,22H,10H2,1H3,(H,23,25)(H,24,28)(H,26,27)/b15-12-. The summed E-state index contributed by atoms with van der Waals surface area (Å²) in [6.45, 7) is 1.40. The topological polar surface area (TPSA) is 131 Å². The third-order valence-electron chi connectivity index (χ3n) is 3.52. The van der Waals surface area contributed by atoms with E-state index in [1.54, 1.807) is 48.5 Å². The number of amides is 2. The molecule has 0 bridgehead atoms. The van der Waals surface area contributed by atoms with Crippen LogP contribution in [0.5, 0.6) is 0 Å². The molecule has 0 heterocycles. The molecule has 142 valence electrons. The lowest BCUT2D eigenvalue weighted by atomic mass is 10.1. The van der Waals surface area contributed by atoms with Crippen LogP contribution in [0.1, 0.15) is 12.5 Å². The number of aliphatic carboxylic acids is 1. The molecule has 0 aliphatic rings. The highest BCUT2D eigenvalue weighted by molar-refractivity contribution is 6.06. The lowest BCUT2D eigenvalue weighted by Crippen LogP contribution is -2.14. The van der Waals surface area contributed by atoms with Crippen LogP contribution in [-0.4, -0.2) is 22.9 Å². The van der Waals surface area contributed by atoms with Crippen molar-refractivity contribution in [3.05, 3.63) is 65.9 Å². The Morgan fingerprint density at radius 2 is 1.50 bits per heavy atom. The van der Waals surface area contributed by atoms with Crippen molar-refractivity contribution in [2.24, 2.45) is 0 Å². The van der Waals surface area contributed by atoms with Gasteiger partial charge in [-0.1, -0.05) is 12.1 Å². The summed E-state index contributed by atoms with van der Waals surface area (Å²) in [5, 5.41) is 26.0. The Labute approximate surface area is 161 Å². The summed E-state index contributed by atoms with van der Waals surface area (Å²) in [4.78, 5) is 33.9. The summed E-state index contributed by atoms with van der Waals surface area (Å²) in [6.07, 6.45) is 1.19. The highest BCUT2D eigenvalue weighted by atomic mass is 16.4. The second-order valence-electron chi connectivity index (χ2n) is 5.79. The molecule has 8 heteroatoms. The van der Waals surface area contributed by atoms with Crippen molar-refractivity contribution in [1.29, 1.82) is 5.26 Å². The Bertz CT molecular complexity index is 942. The number of nitrogens with zero attached hydrogens (tertiary/aromatic N) is 1. The van der Waals surface area contributed by atoms with Gasteiger partial charge in [0.05, 0.1) is 6.42 Å². The Hall–Kier alpha value is -4.12. The van der Waals surface area contributed by atoms with E-state index in [-0.39, 0.29) is 17.9 Å². The third-order valence-corrected chi connectivity index (χ3v) is 3.52. The van der Waals surface area contributed by atoms with E-state index < -0.39 is 11.9 Å². The van der Waals surface area contributed by atoms with Crippen LogP contribution in [0.3, 0.4) is 0 Å². The summed E-state index contributed by atoms with van der Waals surface area (Å²) in [7, 11) is 0. The largest absolute Gasteiger partial charge is 0.481 e. The molecule has 2 aromatic rings. The summed E-state index contributed by atoms with van der Waals surface area (Å²) >= 11 is 0. The third kappa shape index (κ3) is 6.31. The predicted octanol–water partition coefficient (Wildman–Crippen LogP) is 2.73. The van der Waals surface area contributed by atoms with Gasteiger partial charge in [-0.05, 0) is 42.0 Å². The van der Waals surface area contributed by atoms with Gasteiger partial charge in [0.15, 0.2) is 0 Å². The fraction of sp³-hybridized carbons (Fsp3) is 0.100. The van der Waals surface area contributed by atoms with E-state index in [0.717, 1.165) is 0 Å². The SMILES string of the molecule is CC(=O)Nc1ccc(NC(=O)/C(C#N)=C\Nc2ccc(CC(=O)O)cc2)cc1. The molecule has 4 N–H and O–H groups in total. The van der Waals surface area contributed by atoms with Gasteiger partial charge < -0.3 is 21.1 Å². The second kappa shape index (κ2) is 9.54. The summed E-state index contributed by atoms with van der Waals surface area (Å²) in [6, 6.07) is 14.9. The number of carboxylic acid groups (broad SMARTS) is 1. The molecule has 2 amide bonds. The van der Waals surface area contributed by atoms with Gasteiger partial charge in [-0.25, -0.2) is 0 Å². The maximum Gasteiger partial charge on any atom is 0.307 e. The van der Waals surface area contributed by atoms with Crippen molar-refractivity contribution in [1.82, 2.24) is 0 Å². The van der Waals surface area contributed by atoms with E-state index in [1.165, 1.54) is 13.1 Å². The number of benzene rings is 2. The van der Waals surface area contributed by atoms with Gasteiger partial charge in [-0.2, -0.15) is 5.26 Å². The molecule has 0 aliphatic heterocycles. The molecule has 2 aromatic carbocycles. The first-order chi connectivity index (χ1) is 13.4. The van der Waals surface area contributed by atoms with Crippen molar-refractivity contribution < 1.29 is 19.5 Å². The molecule has 0 atom stereocenters. The van der Waals surface area contributed by atoms with Crippen molar-refractivity contribution in [3.8, 4) is 6.07 Å². The van der Waals surface area contributed by atoms with Crippen LogP contribution in [0.4, 0.5) is 17.1 Å². The van der Waals surface area contributed by atoms with Gasteiger partial charge in [0, 0.05) is 30.2 Å². The first kappa shape index (κ1) is 20.2. The number of hydrogen-bond donors (Lipinski definition) is 4. The van der Waals surface area contributed by atoms with Crippen molar-refractivity contribution in [2.75, 3.05) is 16.0 Å². The van der Waals surface area contributed by atoms with Crippen LogP contribution in [-0.2, 0) is 20.8 Å². The van der Waals surface area contributed by atoms with Crippen LogP contribution in [0.2, 0.25) is 0 Å². The monoisotopic (exact) mass is 378 g/mol. The molecule has 8 nitrogen and oxygen atoms in total. The number of nitriles is 1. The molecule has 28 heavy (non-hydrogen) atoms. The number of hydrogen-bond acceptors (Lipinski definition) is 5. The number of nitrogens with one attached hydrogen (secondary N) is 3. The average molecular weight is 378 g/mol. The summed E-state index contributed by atoms with van der Waals surface area (Å²) in [5.41, 5.74) is 2.17. The van der Waals surface area contributed by atoms with Gasteiger partial charge in [0.2, 0.25) is 5.91 Å². The van der Waals surface area contributed by atoms with Crippen LogP contribution in [0.15, 0.2) is 60.3 Å². The van der Waals surface area contributed by atoms with E-state index in [9.17, 15) is 19.6 Å². The minimum atomic E-state index is -0.922. The number of rotatable bonds is 7. The van der Waals surface area contributed by atoms with E-state index >= 15 is 0 Å². The van der Waals surface area contributed by atoms with E-state index in [1.807, 2.05) is 6.07 Å². The quantitative estimate of drug-likeness (QED) is 0.433. The Morgan fingerprint density at radius 3 is 2.00 bits per heavy atom. The van der Waals surface area contributed by atoms with Crippen LogP contribution < -0.4 is 16.0 Å². The first-order valence-corrected chi connectivity index (χ1v) is 8.24. The lowest BCUT2D eigenvalue weighted by Gasteiger charge is -2.07. The average Bonchev–Trinajstić information content (AvgIpc) is 2.64. The fourth-order valence-corrected chi connectivity index (χ4v) is 2.24. The van der Waals surface area contributed by atoms with Crippen molar-refractivity contribution in [3.63, 3.8) is 0 Å². The molecule has 0 aromatic heterocycles. The zero-order valence-corrected chi connectivity index (χ0v) is 15.0. The van der Waals surface area contributed by atoms with Gasteiger partial charge in [-0.3, -0.25) is 14.4 Å². The minimum absolute atomic E-state index is 0.0807. The Morgan fingerprint density at radius 1 is 0.964 bits per heavy atom. The highest BCUT2D eigenvalue weighted by Crippen LogP contribution is 2.15. The molecule has 0 fully saturated rings. The van der Waals surface area contributed by atoms with Gasteiger partial charge >= 0.3 is 5.97 Å². The summed E-state index contributed by atoms with van der Waals surface area (Å²) < 4.78 is 0. The first-order valence-electron chi connectivity index (χ1n) is 8.24. The second-order valence-corrected chi connectivity index (χ2v) is 5.79. The van der Waals surface area contributed by atoms with Crippen LogP contribution in [0, 0.1) is 11.3 Å². The van der Waals surface area contributed by atoms with Gasteiger partial charge in [0.25, 0.3) is 5.91 Å². The molecule has 0 aliphatic carbocycles. The number of anilines is 3. The smallest absolute Gasteiger partial charge is 0.307 e. The molecule has 0 unspecified atom stereocenters. The highest BCUT2D eigenvalue weighted by Gasteiger charge is 2.09. The fourth-order valence-electron chi connectivity index (χ4n) is 2.24. The molecular weight excluding hydrogens is 360 g/mol. The van der Waals surface area contributed by atoms with Gasteiger partial charge in [0.1, 0.15) is 11.6 Å². The lowest BCUT2D eigenvalue weighted by molar-refractivity contribution is -0.136. The van der Waals surface area contributed by atoms with Crippen LogP contribution in [0.25, 0.3) is 0 Å². The van der Waals surface area contributed by atoms with Crippen molar-refractivity contribution >= 4 is 34.8 Å². The molecule has 0 saturated carbocycles. The molecular formula is C20H18N4O4. The zero-order chi connectivity index (χ0) is 20.5. The number of carbonyl (C=O) groups is 3. The van der Waals surface area contributed by atoms with E-state index in [0.29, 0.717) is 22.6 Å². The molecule has 0 spiro atoms.